The van der Waals surface area contributed by atoms with Crippen LogP contribution in [0.25, 0.3) is 22.0 Å². The lowest BCUT2D eigenvalue weighted by Crippen LogP contribution is -2.39. The maximum atomic E-state index is 13.2. The molecule has 8 nitrogen and oxygen atoms in total. The number of carbonyl (C=O) groups excluding carboxylic acids is 2. The van der Waals surface area contributed by atoms with Crippen molar-refractivity contribution in [3.8, 4) is 11.1 Å². The molecule has 0 aliphatic carbocycles. The molecule has 1 aliphatic heterocycles. The highest BCUT2D eigenvalue weighted by Crippen LogP contribution is 2.27. The lowest BCUT2D eigenvalue weighted by molar-refractivity contribution is 0.0681. The maximum absolute atomic E-state index is 13.2. The number of carbonyl (C=O) groups is 2. The van der Waals surface area contributed by atoms with Crippen molar-refractivity contribution >= 4 is 22.7 Å². The Bertz CT molecular complexity index is 1540. The minimum atomic E-state index is -0.874. The molecule has 3 aromatic carbocycles. The first-order chi connectivity index (χ1) is 20.1. The van der Waals surface area contributed by atoms with Crippen molar-refractivity contribution in [2.75, 3.05) is 33.4 Å². The summed E-state index contributed by atoms with van der Waals surface area (Å²) in [5.41, 5.74) is 5.23. The second-order valence-electron chi connectivity index (χ2n) is 11.7. The number of piperidine rings is 1. The van der Waals surface area contributed by atoms with E-state index in [0.29, 0.717) is 30.2 Å². The zero-order chi connectivity index (χ0) is 29.9. The molecule has 1 fully saturated rings. The number of hydrogen-bond donors (Lipinski definition) is 2. The van der Waals surface area contributed by atoms with Crippen LogP contribution < -0.4 is 5.32 Å². The van der Waals surface area contributed by atoms with Gasteiger partial charge in [0.2, 0.25) is 0 Å². The summed E-state index contributed by atoms with van der Waals surface area (Å²) >= 11 is 0. The van der Waals surface area contributed by atoms with E-state index in [4.69, 9.17) is 9.84 Å². The van der Waals surface area contributed by atoms with Crippen molar-refractivity contribution in [3.05, 3.63) is 89.1 Å². The Morgan fingerprint density at radius 2 is 1.64 bits per heavy atom. The summed E-state index contributed by atoms with van der Waals surface area (Å²) in [6.07, 6.45) is 3.87. The van der Waals surface area contributed by atoms with Gasteiger partial charge in [0.1, 0.15) is 0 Å². The van der Waals surface area contributed by atoms with Gasteiger partial charge in [-0.25, -0.2) is 0 Å². The third-order valence-corrected chi connectivity index (χ3v) is 8.25. The molecule has 0 radical (unpaired) electrons. The molecule has 8 heteroatoms. The third kappa shape index (κ3) is 6.55. The molecule has 0 atom stereocenters. The zero-order valence-corrected chi connectivity index (χ0v) is 24.9. The van der Waals surface area contributed by atoms with E-state index in [1.54, 1.807) is 21.0 Å². The Kier molecular flexibility index (Phi) is 8.75. The number of hydrogen-bond acceptors (Lipinski definition) is 5. The molecule has 5 rings (SSSR count). The van der Waals surface area contributed by atoms with Gasteiger partial charge in [-0.15, -0.1) is 0 Å². The van der Waals surface area contributed by atoms with Crippen molar-refractivity contribution < 1.29 is 19.4 Å². The fourth-order valence-electron chi connectivity index (χ4n) is 5.62. The molecule has 0 unspecified atom stereocenters. The predicted molar refractivity (Wildman–Crippen MR) is 164 cm³/mol. The molecule has 0 bridgehead atoms. The van der Waals surface area contributed by atoms with Gasteiger partial charge in [-0.1, -0.05) is 36.4 Å². The number of rotatable bonds is 9. The van der Waals surface area contributed by atoms with Crippen LogP contribution in [0, 0.1) is 12.8 Å². The van der Waals surface area contributed by atoms with Crippen LogP contribution in [0.2, 0.25) is 0 Å². The van der Waals surface area contributed by atoms with Gasteiger partial charge in [-0.05, 0) is 86.1 Å². The molecule has 4 aromatic rings. The van der Waals surface area contributed by atoms with E-state index >= 15 is 0 Å². The largest absolute Gasteiger partial charge is 0.386 e. The molecule has 1 aromatic heterocycles. The zero-order valence-electron chi connectivity index (χ0n) is 24.9. The Hall–Kier alpha value is -4.01. The van der Waals surface area contributed by atoms with Gasteiger partial charge < -0.3 is 20.1 Å². The minimum Gasteiger partial charge on any atom is -0.386 e. The molecule has 220 valence electrons. The van der Waals surface area contributed by atoms with Crippen molar-refractivity contribution in [2.24, 2.45) is 5.92 Å². The lowest BCUT2D eigenvalue weighted by atomic mass is 9.95. The fraction of sp³-hybridized carbons (Fsp3) is 0.382. The van der Waals surface area contributed by atoms with Gasteiger partial charge in [0.15, 0.2) is 0 Å². The molecule has 42 heavy (non-hydrogen) atoms. The predicted octanol–water partition coefficient (Wildman–Crippen LogP) is 5.17. The van der Waals surface area contributed by atoms with Crippen LogP contribution in [-0.2, 0) is 16.9 Å². The van der Waals surface area contributed by atoms with E-state index < -0.39 is 5.60 Å². The molecule has 2 heterocycles. The first-order valence-electron chi connectivity index (χ1n) is 14.6. The highest BCUT2D eigenvalue weighted by atomic mass is 16.5. The SMILES string of the molecule is COCCNC(=O)c1ccc2nn(CC3CCN(C(=O)c4ccc(-c5ccc(C(C)(C)O)cc5)cc4)CC3)cc2c1C. The number of aryl methyl sites for hydroxylation is 1. The Morgan fingerprint density at radius 1 is 1.00 bits per heavy atom. The standard InChI is InChI=1S/C34H40N4O4/c1-23-29(32(39)35-17-20-42-4)13-14-31-30(23)22-38(36-31)21-24-15-18-37(19-16-24)33(40)27-7-5-25(6-8-27)26-9-11-28(12-10-26)34(2,3)41/h5-14,22,24,41H,15-21H2,1-4H3,(H,35,39). The summed E-state index contributed by atoms with van der Waals surface area (Å²) in [4.78, 5) is 27.8. The monoisotopic (exact) mass is 568 g/mol. The first kappa shape index (κ1) is 29.5. The third-order valence-electron chi connectivity index (χ3n) is 8.25. The normalized spacial score (nSPS) is 14.4. The van der Waals surface area contributed by atoms with Gasteiger partial charge in [0.05, 0.1) is 17.7 Å². The number of likely N-dealkylation sites (tertiary alicyclic amines) is 1. The maximum Gasteiger partial charge on any atom is 0.253 e. The highest BCUT2D eigenvalue weighted by molar-refractivity contribution is 6.00. The number of fused-ring (bicyclic) bond motifs is 1. The van der Waals surface area contributed by atoms with Crippen LogP contribution >= 0.6 is 0 Å². The topological polar surface area (TPSA) is 96.7 Å². The summed E-state index contributed by atoms with van der Waals surface area (Å²) in [5.74, 6) is 0.385. The number of nitrogens with zero attached hydrogens (tertiary/aromatic N) is 3. The molecule has 0 spiro atoms. The van der Waals surface area contributed by atoms with Crippen molar-refractivity contribution in [1.82, 2.24) is 20.0 Å². The summed E-state index contributed by atoms with van der Waals surface area (Å²) in [5, 5.41) is 18.8. The number of methoxy groups -OCH3 is 1. The molecule has 2 amide bonds. The van der Waals surface area contributed by atoms with Crippen molar-refractivity contribution in [2.45, 2.75) is 45.8 Å². The second kappa shape index (κ2) is 12.5. The average molecular weight is 569 g/mol. The molecule has 1 aliphatic rings. The quantitative estimate of drug-likeness (QED) is 0.272. The van der Waals surface area contributed by atoms with Gasteiger partial charge in [-0.2, -0.15) is 5.10 Å². The number of aromatic nitrogens is 2. The summed E-state index contributed by atoms with van der Waals surface area (Å²) < 4.78 is 7.01. The van der Waals surface area contributed by atoms with Crippen LogP contribution in [0.3, 0.4) is 0 Å². The second-order valence-corrected chi connectivity index (χ2v) is 11.7. The molecular weight excluding hydrogens is 528 g/mol. The van der Waals surface area contributed by atoms with E-state index in [9.17, 15) is 14.7 Å². The van der Waals surface area contributed by atoms with E-state index in [-0.39, 0.29) is 11.8 Å². The van der Waals surface area contributed by atoms with E-state index in [2.05, 4.69) is 5.32 Å². The first-order valence-corrected chi connectivity index (χ1v) is 14.6. The molecule has 2 N–H and O–H groups in total. The van der Waals surface area contributed by atoms with Crippen molar-refractivity contribution in [1.29, 1.82) is 0 Å². The Morgan fingerprint density at radius 3 is 2.26 bits per heavy atom. The lowest BCUT2D eigenvalue weighted by Gasteiger charge is -2.32. The van der Waals surface area contributed by atoms with E-state index in [0.717, 1.165) is 65.6 Å². The van der Waals surface area contributed by atoms with E-state index in [1.807, 2.05) is 83.4 Å². The van der Waals surface area contributed by atoms with Crippen LogP contribution in [0.4, 0.5) is 0 Å². The number of aliphatic hydroxyl groups is 1. The van der Waals surface area contributed by atoms with Crippen LogP contribution in [0.15, 0.2) is 66.9 Å². The molecular formula is C34H40N4O4. The number of benzene rings is 3. The van der Waals surface area contributed by atoms with Crippen molar-refractivity contribution in [3.63, 3.8) is 0 Å². The van der Waals surface area contributed by atoms with Crippen LogP contribution in [0.1, 0.15) is 58.5 Å². The van der Waals surface area contributed by atoms with Gasteiger partial charge in [0, 0.05) is 56.0 Å². The highest BCUT2D eigenvalue weighted by Gasteiger charge is 2.25. The number of ether oxygens (including phenoxy) is 1. The van der Waals surface area contributed by atoms with E-state index in [1.165, 1.54) is 0 Å². The summed E-state index contributed by atoms with van der Waals surface area (Å²) in [7, 11) is 1.61. The summed E-state index contributed by atoms with van der Waals surface area (Å²) in [6, 6.07) is 19.4. The van der Waals surface area contributed by atoms with Crippen LogP contribution in [0.5, 0.6) is 0 Å². The average Bonchev–Trinajstić information content (AvgIpc) is 3.40. The molecule has 1 saturated heterocycles. The van der Waals surface area contributed by atoms with Gasteiger partial charge in [-0.3, -0.25) is 14.3 Å². The Balaban J connectivity index is 1.16. The van der Waals surface area contributed by atoms with Crippen LogP contribution in [-0.4, -0.2) is 65.0 Å². The fourth-order valence-corrected chi connectivity index (χ4v) is 5.62. The number of amides is 2. The van der Waals surface area contributed by atoms with Gasteiger partial charge >= 0.3 is 0 Å². The smallest absolute Gasteiger partial charge is 0.253 e. The van der Waals surface area contributed by atoms with Gasteiger partial charge in [0.25, 0.3) is 11.8 Å². The molecule has 0 saturated carbocycles. The Labute approximate surface area is 247 Å². The summed E-state index contributed by atoms with van der Waals surface area (Å²) in [6.45, 7) is 8.67. The minimum absolute atomic E-state index is 0.0640. The number of nitrogens with one attached hydrogen (secondary N) is 1.